The lowest BCUT2D eigenvalue weighted by molar-refractivity contribution is 0.0917. The summed E-state index contributed by atoms with van der Waals surface area (Å²) in [6.07, 6.45) is 0.717. The Morgan fingerprint density at radius 3 is 2.35 bits per heavy atom. The number of rotatable bonds is 5. The van der Waals surface area contributed by atoms with Gasteiger partial charge in [-0.1, -0.05) is 6.92 Å². The maximum atomic E-state index is 12.1. The van der Waals surface area contributed by atoms with Crippen LogP contribution in [-0.4, -0.2) is 23.2 Å². The lowest BCUT2D eigenvalue weighted by Crippen LogP contribution is -2.51. The largest absolute Gasteiger partial charge is 0.344 e. The Morgan fingerprint density at radius 2 is 2.00 bits per heavy atom. The van der Waals surface area contributed by atoms with Crippen LogP contribution in [0.5, 0.6) is 0 Å². The highest BCUT2D eigenvalue weighted by Gasteiger charge is 2.29. The van der Waals surface area contributed by atoms with E-state index in [1.54, 1.807) is 0 Å². The van der Waals surface area contributed by atoms with Crippen molar-refractivity contribution in [1.82, 2.24) is 5.32 Å². The minimum absolute atomic E-state index is 0.0886. The molecule has 96 valence electrons. The van der Waals surface area contributed by atoms with Gasteiger partial charge in [0, 0.05) is 16.6 Å². The number of thiophene rings is 1. The number of aryl methyl sites for hydroxylation is 2. The number of alkyl halides is 2. The Balaban J connectivity index is 2.84. The molecule has 1 heterocycles. The molecule has 0 radical (unpaired) electrons. The predicted molar refractivity (Wildman–Crippen MR) is 75.7 cm³/mol. The van der Waals surface area contributed by atoms with Crippen molar-refractivity contribution in [2.45, 2.75) is 32.7 Å². The maximum Gasteiger partial charge on any atom is 0.261 e. The molecule has 0 unspecified atom stereocenters. The van der Waals surface area contributed by atoms with Gasteiger partial charge in [-0.05, 0) is 31.9 Å². The van der Waals surface area contributed by atoms with Crippen molar-refractivity contribution in [3.63, 3.8) is 0 Å². The number of halogens is 2. The van der Waals surface area contributed by atoms with E-state index >= 15 is 0 Å². The summed E-state index contributed by atoms with van der Waals surface area (Å²) in [5.41, 5.74) is 0.630. The van der Waals surface area contributed by atoms with E-state index in [-0.39, 0.29) is 5.91 Å². The highest BCUT2D eigenvalue weighted by molar-refractivity contribution is 7.14. The first-order valence-electron chi connectivity index (χ1n) is 5.49. The van der Waals surface area contributed by atoms with E-state index in [9.17, 15) is 4.79 Å². The van der Waals surface area contributed by atoms with Crippen LogP contribution in [0.2, 0.25) is 0 Å². The molecule has 0 saturated carbocycles. The van der Waals surface area contributed by atoms with E-state index < -0.39 is 5.54 Å². The standard InChI is InChI=1S/C12H17Cl2NOS/c1-4-12(6-13,7-14)15-11(16)10-5-8(2)9(3)17-10/h5H,4,6-7H2,1-3H3,(H,15,16). The molecule has 1 aromatic heterocycles. The predicted octanol–water partition coefficient (Wildman–Crippen LogP) is 3.72. The van der Waals surface area contributed by atoms with E-state index in [1.807, 2.05) is 26.8 Å². The van der Waals surface area contributed by atoms with E-state index in [1.165, 1.54) is 11.3 Å². The van der Waals surface area contributed by atoms with Crippen molar-refractivity contribution < 1.29 is 4.79 Å². The highest BCUT2D eigenvalue weighted by Crippen LogP contribution is 2.22. The first kappa shape index (κ1) is 14.8. The van der Waals surface area contributed by atoms with Crippen LogP contribution in [-0.2, 0) is 0 Å². The zero-order chi connectivity index (χ0) is 13.1. The van der Waals surface area contributed by atoms with Crippen molar-refractivity contribution in [2.24, 2.45) is 0 Å². The molecule has 0 aliphatic heterocycles. The molecule has 0 aliphatic carbocycles. The number of carbonyl (C=O) groups excluding carboxylic acids is 1. The minimum Gasteiger partial charge on any atom is -0.344 e. The molecule has 2 nitrogen and oxygen atoms in total. The normalized spacial score (nSPS) is 11.6. The van der Waals surface area contributed by atoms with Crippen LogP contribution >= 0.6 is 34.5 Å². The first-order chi connectivity index (χ1) is 7.98. The van der Waals surface area contributed by atoms with Gasteiger partial charge in [-0.15, -0.1) is 34.5 Å². The molecule has 1 amide bonds. The molecule has 1 rings (SSSR count). The summed E-state index contributed by atoms with van der Waals surface area (Å²) in [5, 5.41) is 2.94. The topological polar surface area (TPSA) is 29.1 Å². The summed E-state index contributed by atoms with van der Waals surface area (Å²) in [4.78, 5) is 14.0. The number of nitrogens with one attached hydrogen (secondary N) is 1. The quantitative estimate of drug-likeness (QED) is 0.824. The van der Waals surface area contributed by atoms with Crippen molar-refractivity contribution in [3.05, 3.63) is 21.4 Å². The van der Waals surface area contributed by atoms with E-state index in [2.05, 4.69) is 5.32 Å². The third-order valence-electron chi connectivity index (χ3n) is 2.96. The summed E-state index contributed by atoms with van der Waals surface area (Å²) in [6.45, 7) is 5.97. The molecule has 0 spiro atoms. The van der Waals surface area contributed by atoms with Crippen molar-refractivity contribution in [3.8, 4) is 0 Å². The molecule has 1 N–H and O–H groups in total. The van der Waals surface area contributed by atoms with Crippen LogP contribution < -0.4 is 5.32 Å². The molecule has 0 fully saturated rings. The summed E-state index contributed by atoms with van der Waals surface area (Å²) in [5.74, 6) is 0.554. The van der Waals surface area contributed by atoms with Gasteiger partial charge in [0.05, 0.1) is 10.4 Å². The molecule has 0 saturated heterocycles. The van der Waals surface area contributed by atoms with Gasteiger partial charge in [0.2, 0.25) is 0 Å². The maximum absolute atomic E-state index is 12.1. The van der Waals surface area contributed by atoms with Gasteiger partial charge in [0.1, 0.15) is 0 Å². The SMILES string of the molecule is CCC(CCl)(CCl)NC(=O)c1cc(C)c(C)s1. The molecule has 0 atom stereocenters. The van der Waals surface area contributed by atoms with Gasteiger partial charge in [0.15, 0.2) is 0 Å². The number of amides is 1. The Bertz CT molecular complexity index is 371. The van der Waals surface area contributed by atoms with Gasteiger partial charge >= 0.3 is 0 Å². The molecule has 0 bridgehead atoms. The Kier molecular flexibility index (Phi) is 5.29. The second-order valence-electron chi connectivity index (χ2n) is 4.21. The molecule has 0 aliphatic rings. The fourth-order valence-electron chi connectivity index (χ4n) is 1.37. The molecule has 0 aromatic carbocycles. The number of hydrogen-bond acceptors (Lipinski definition) is 2. The zero-order valence-electron chi connectivity index (χ0n) is 10.3. The second-order valence-corrected chi connectivity index (χ2v) is 6.00. The third kappa shape index (κ3) is 3.36. The molecule has 5 heteroatoms. The summed E-state index contributed by atoms with van der Waals surface area (Å²) < 4.78 is 0. The van der Waals surface area contributed by atoms with Gasteiger partial charge in [-0.3, -0.25) is 4.79 Å². The Hall–Kier alpha value is -0.250. The average molecular weight is 294 g/mol. The number of carbonyl (C=O) groups is 1. The van der Waals surface area contributed by atoms with Crippen LogP contribution in [0.4, 0.5) is 0 Å². The van der Waals surface area contributed by atoms with Gasteiger partial charge in [-0.25, -0.2) is 0 Å². The third-order valence-corrected chi connectivity index (χ3v) is 5.13. The van der Waals surface area contributed by atoms with Gasteiger partial charge in [0.25, 0.3) is 5.91 Å². The van der Waals surface area contributed by atoms with E-state index in [0.717, 1.165) is 16.9 Å². The molecular formula is C12H17Cl2NOS. The van der Waals surface area contributed by atoms with Crippen LogP contribution in [0, 0.1) is 13.8 Å². The van der Waals surface area contributed by atoms with Gasteiger partial charge < -0.3 is 5.32 Å². The fourth-order valence-corrected chi connectivity index (χ4v) is 3.09. The lowest BCUT2D eigenvalue weighted by Gasteiger charge is -2.29. The Morgan fingerprint density at radius 1 is 1.41 bits per heavy atom. The van der Waals surface area contributed by atoms with Crippen molar-refractivity contribution in [1.29, 1.82) is 0 Å². The molecular weight excluding hydrogens is 277 g/mol. The summed E-state index contributed by atoms with van der Waals surface area (Å²) in [6, 6.07) is 1.90. The van der Waals surface area contributed by atoms with E-state index in [0.29, 0.717) is 16.6 Å². The fraction of sp³-hybridized carbons (Fsp3) is 0.583. The monoisotopic (exact) mass is 293 g/mol. The molecule has 1 aromatic rings. The highest BCUT2D eigenvalue weighted by atomic mass is 35.5. The van der Waals surface area contributed by atoms with Crippen LogP contribution in [0.1, 0.15) is 33.5 Å². The van der Waals surface area contributed by atoms with Gasteiger partial charge in [-0.2, -0.15) is 0 Å². The number of hydrogen-bond donors (Lipinski definition) is 1. The lowest BCUT2D eigenvalue weighted by atomic mass is 10.0. The average Bonchev–Trinajstić information content (AvgIpc) is 2.67. The Labute approximate surface area is 116 Å². The van der Waals surface area contributed by atoms with Crippen molar-refractivity contribution >= 4 is 40.4 Å². The smallest absolute Gasteiger partial charge is 0.261 e. The minimum atomic E-state index is -0.508. The van der Waals surface area contributed by atoms with Crippen LogP contribution in [0.25, 0.3) is 0 Å². The summed E-state index contributed by atoms with van der Waals surface area (Å²) in [7, 11) is 0. The first-order valence-corrected chi connectivity index (χ1v) is 7.38. The van der Waals surface area contributed by atoms with E-state index in [4.69, 9.17) is 23.2 Å². The second kappa shape index (κ2) is 6.07. The molecule has 17 heavy (non-hydrogen) atoms. The van der Waals surface area contributed by atoms with Crippen LogP contribution in [0.3, 0.4) is 0 Å². The van der Waals surface area contributed by atoms with Crippen LogP contribution in [0.15, 0.2) is 6.07 Å². The van der Waals surface area contributed by atoms with Crippen molar-refractivity contribution in [2.75, 3.05) is 11.8 Å². The summed E-state index contributed by atoms with van der Waals surface area (Å²) >= 11 is 13.3. The zero-order valence-corrected chi connectivity index (χ0v) is 12.6.